The van der Waals surface area contributed by atoms with Crippen LogP contribution in [-0.2, 0) is 6.61 Å². The molecule has 2 heteroatoms. The van der Waals surface area contributed by atoms with Crippen LogP contribution in [0.25, 0.3) is 0 Å². The molecule has 106 valence electrons. The van der Waals surface area contributed by atoms with Crippen LogP contribution in [0, 0.1) is 20.8 Å². The van der Waals surface area contributed by atoms with Gasteiger partial charge in [0, 0.05) is 5.56 Å². The Morgan fingerprint density at radius 1 is 0.950 bits per heavy atom. The third kappa shape index (κ3) is 3.61. The molecule has 0 heterocycles. The molecule has 2 aromatic rings. The number of aryl methyl sites for hydroxylation is 3. The largest absolute Gasteiger partial charge is 0.489 e. The summed E-state index contributed by atoms with van der Waals surface area (Å²) in [6.07, 6.45) is -0.524. The fourth-order valence-electron chi connectivity index (χ4n) is 2.44. The van der Waals surface area contributed by atoms with Gasteiger partial charge in [-0.2, -0.15) is 0 Å². The molecule has 0 aliphatic carbocycles. The zero-order valence-corrected chi connectivity index (χ0v) is 12.6. The van der Waals surface area contributed by atoms with Crippen LogP contribution < -0.4 is 4.74 Å². The number of aliphatic hydroxyl groups excluding tert-OH is 1. The van der Waals surface area contributed by atoms with E-state index in [0.717, 1.165) is 22.4 Å². The highest BCUT2D eigenvalue weighted by molar-refractivity contribution is 5.38. The van der Waals surface area contributed by atoms with Gasteiger partial charge in [-0.1, -0.05) is 41.0 Å². The highest BCUT2D eigenvalue weighted by Gasteiger charge is 2.09. The van der Waals surface area contributed by atoms with Crippen LogP contribution in [0.3, 0.4) is 0 Å². The van der Waals surface area contributed by atoms with Gasteiger partial charge in [0.05, 0.1) is 6.10 Å². The molecule has 1 N–H and O–H groups in total. The van der Waals surface area contributed by atoms with E-state index < -0.39 is 6.10 Å². The summed E-state index contributed by atoms with van der Waals surface area (Å²) >= 11 is 0. The Balaban J connectivity index is 2.18. The summed E-state index contributed by atoms with van der Waals surface area (Å²) in [6, 6.07) is 12.3. The van der Waals surface area contributed by atoms with Crippen molar-refractivity contribution in [2.75, 3.05) is 0 Å². The average Bonchev–Trinajstić information content (AvgIpc) is 2.36. The van der Waals surface area contributed by atoms with Crippen LogP contribution in [0.15, 0.2) is 36.4 Å². The van der Waals surface area contributed by atoms with Crippen LogP contribution in [0.4, 0.5) is 0 Å². The van der Waals surface area contributed by atoms with Gasteiger partial charge in [-0.05, 0) is 45.4 Å². The number of hydrogen-bond acceptors (Lipinski definition) is 2. The van der Waals surface area contributed by atoms with E-state index in [0.29, 0.717) is 6.61 Å². The third-order valence-electron chi connectivity index (χ3n) is 3.29. The minimum Gasteiger partial charge on any atom is -0.489 e. The molecule has 0 amide bonds. The van der Waals surface area contributed by atoms with Crippen molar-refractivity contribution >= 4 is 0 Å². The zero-order chi connectivity index (χ0) is 14.7. The molecule has 0 aromatic heterocycles. The van der Waals surface area contributed by atoms with Crippen LogP contribution >= 0.6 is 0 Å². The van der Waals surface area contributed by atoms with E-state index >= 15 is 0 Å². The van der Waals surface area contributed by atoms with Gasteiger partial charge in [0.1, 0.15) is 12.4 Å². The first-order valence-electron chi connectivity index (χ1n) is 6.94. The minimum atomic E-state index is -0.524. The summed E-state index contributed by atoms with van der Waals surface area (Å²) in [5, 5.41) is 9.83. The zero-order valence-electron chi connectivity index (χ0n) is 12.6. The lowest BCUT2D eigenvalue weighted by molar-refractivity contribution is 0.190. The Morgan fingerprint density at radius 2 is 1.60 bits per heavy atom. The molecule has 20 heavy (non-hydrogen) atoms. The molecule has 1 atom stereocenters. The van der Waals surface area contributed by atoms with E-state index in [4.69, 9.17) is 4.74 Å². The molecule has 0 radical (unpaired) electrons. The van der Waals surface area contributed by atoms with Gasteiger partial charge in [-0.3, -0.25) is 0 Å². The van der Waals surface area contributed by atoms with E-state index in [1.165, 1.54) is 11.1 Å². The Labute approximate surface area is 121 Å². The van der Waals surface area contributed by atoms with Gasteiger partial charge < -0.3 is 9.84 Å². The highest BCUT2D eigenvalue weighted by atomic mass is 16.5. The quantitative estimate of drug-likeness (QED) is 0.900. The Bertz CT molecular complexity index is 580. The van der Waals surface area contributed by atoms with Gasteiger partial charge in [0.15, 0.2) is 0 Å². The molecule has 0 aliphatic rings. The summed E-state index contributed by atoms with van der Waals surface area (Å²) in [6.45, 7) is 8.47. The second-order valence-corrected chi connectivity index (χ2v) is 5.50. The average molecular weight is 270 g/mol. The Morgan fingerprint density at radius 3 is 2.20 bits per heavy atom. The predicted molar refractivity (Wildman–Crippen MR) is 82.1 cm³/mol. The normalized spacial score (nSPS) is 12.2. The first-order valence-corrected chi connectivity index (χ1v) is 6.94. The maximum Gasteiger partial charge on any atom is 0.125 e. The summed E-state index contributed by atoms with van der Waals surface area (Å²) in [4.78, 5) is 0. The van der Waals surface area contributed by atoms with Crippen molar-refractivity contribution < 1.29 is 9.84 Å². The van der Waals surface area contributed by atoms with E-state index in [-0.39, 0.29) is 0 Å². The molecule has 0 saturated heterocycles. The van der Waals surface area contributed by atoms with Gasteiger partial charge >= 0.3 is 0 Å². The van der Waals surface area contributed by atoms with Crippen LogP contribution in [0.2, 0.25) is 0 Å². The van der Waals surface area contributed by atoms with Gasteiger partial charge in [-0.15, -0.1) is 0 Å². The monoisotopic (exact) mass is 270 g/mol. The first kappa shape index (κ1) is 14.6. The maximum absolute atomic E-state index is 9.83. The molecule has 0 spiro atoms. The maximum atomic E-state index is 9.83. The topological polar surface area (TPSA) is 29.5 Å². The molecule has 2 aromatic carbocycles. The van der Waals surface area contributed by atoms with E-state index in [2.05, 4.69) is 32.0 Å². The van der Waals surface area contributed by atoms with Gasteiger partial charge in [0.2, 0.25) is 0 Å². The number of benzene rings is 2. The lowest BCUT2D eigenvalue weighted by atomic mass is 10.1. The van der Waals surface area contributed by atoms with E-state index in [1.54, 1.807) is 6.92 Å². The fourth-order valence-corrected chi connectivity index (χ4v) is 2.44. The van der Waals surface area contributed by atoms with Crippen molar-refractivity contribution in [3.8, 4) is 5.75 Å². The summed E-state index contributed by atoms with van der Waals surface area (Å²) < 4.78 is 5.89. The highest BCUT2D eigenvalue weighted by Crippen LogP contribution is 2.27. The van der Waals surface area contributed by atoms with Crippen LogP contribution in [0.5, 0.6) is 5.75 Å². The summed E-state index contributed by atoms with van der Waals surface area (Å²) in [5.41, 5.74) is 5.60. The lowest BCUT2D eigenvalue weighted by Gasteiger charge is -2.15. The number of hydrogen-bond donors (Lipinski definition) is 1. The molecular weight excluding hydrogens is 248 g/mol. The van der Waals surface area contributed by atoms with E-state index in [1.807, 2.05) is 25.1 Å². The fraction of sp³-hybridized carbons (Fsp3) is 0.333. The van der Waals surface area contributed by atoms with Crippen LogP contribution in [0.1, 0.15) is 40.8 Å². The van der Waals surface area contributed by atoms with Crippen molar-refractivity contribution in [2.24, 2.45) is 0 Å². The first-order chi connectivity index (χ1) is 9.45. The Hall–Kier alpha value is -1.80. The third-order valence-corrected chi connectivity index (χ3v) is 3.29. The molecule has 0 fully saturated rings. The molecular formula is C18H22O2. The lowest BCUT2D eigenvalue weighted by Crippen LogP contribution is -2.02. The van der Waals surface area contributed by atoms with Crippen molar-refractivity contribution in [3.63, 3.8) is 0 Å². The van der Waals surface area contributed by atoms with Crippen molar-refractivity contribution in [1.29, 1.82) is 0 Å². The van der Waals surface area contributed by atoms with Crippen molar-refractivity contribution in [3.05, 3.63) is 64.2 Å². The number of aliphatic hydroxyl groups is 1. The second-order valence-electron chi connectivity index (χ2n) is 5.50. The molecule has 0 aliphatic heterocycles. The summed E-state index contributed by atoms with van der Waals surface area (Å²) in [7, 11) is 0. The van der Waals surface area contributed by atoms with Crippen LogP contribution in [-0.4, -0.2) is 5.11 Å². The number of ether oxygens (including phenoxy) is 1. The molecule has 1 unspecified atom stereocenters. The molecule has 2 nitrogen and oxygen atoms in total. The van der Waals surface area contributed by atoms with Gasteiger partial charge in [-0.25, -0.2) is 0 Å². The Kier molecular flexibility index (Phi) is 4.46. The second kappa shape index (κ2) is 6.10. The minimum absolute atomic E-state index is 0.519. The molecule has 0 saturated carbocycles. The van der Waals surface area contributed by atoms with E-state index in [9.17, 15) is 5.11 Å². The molecule has 0 bridgehead atoms. The molecule has 2 rings (SSSR count). The van der Waals surface area contributed by atoms with Crippen molar-refractivity contribution in [1.82, 2.24) is 0 Å². The smallest absolute Gasteiger partial charge is 0.125 e. The number of rotatable bonds is 4. The summed E-state index contributed by atoms with van der Waals surface area (Å²) in [5.74, 6) is 0.754. The van der Waals surface area contributed by atoms with Crippen molar-refractivity contribution in [2.45, 2.75) is 40.4 Å². The standard InChI is InChI=1S/C18H22O2/c1-12-5-6-18(17(10-12)15(4)19)20-11-16-8-13(2)7-14(3)9-16/h5-10,15,19H,11H2,1-4H3. The predicted octanol–water partition coefficient (Wildman–Crippen LogP) is 4.24. The SMILES string of the molecule is Cc1cc(C)cc(COc2ccc(C)cc2C(C)O)c1. The van der Waals surface area contributed by atoms with Gasteiger partial charge in [0.25, 0.3) is 0 Å².